The first-order chi connectivity index (χ1) is 17.5. The van der Waals surface area contributed by atoms with Crippen LogP contribution in [-0.2, 0) is 4.74 Å². The highest BCUT2D eigenvalue weighted by Crippen LogP contribution is 2.45. The van der Waals surface area contributed by atoms with Crippen LogP contribution in [0.15, 0.2) is 54.7 Å². The molecule has 1 aliphatic rings. The van der Waals surface area contributed by atoms with E-state index in [4.69, 9.17) is 18.9 Å². The molecular weight excluding hydrogens is 495 g/mol. The van der Waals surface area contributed by atoms with Crippen molar-refractivity contribution in [3.8, 4) is 23.1 Å². The Hall–Kier alpha value is -4.42. The van der Waals surface area contributed by atoms with E-state index < -0.39 is 17.6 Å². The van der Waals surface area contributed by atoms with E-state index in [1.165, 1.54) is 20.5 Å². The number of methoxy groups -OCH3 is 2. The molecule has 10 nitrogen and oxygen atoms in total. The topological polar surface area (TPSA) is 107 Å². The Morgan fingerprint density at radius 3 is 2.51 bits per heavy atom. The lowest BCUT2D eigenvalue weighted by molar-refractivity contribution is -0.208. The fraction of sp³-hybridized carbons (Fsp3) is 0.292. The van der Waals surface area contributed by atoms with Crippen molar-refractivity contribution in [2.24, 2.45) is 5.41 Å². The lowest BCUT2D eigenvalue weighted by Gasteiger charge is -2.27. The molecule has 3 aromatic rings. The van der Waals surface area contributed by atoms with Gasteiger partial charge in [0.25, 0.3) is 0 Å². The SMILES string of the molecule is COc1cc2ncnc(Oc3cccc(NC(=O)NN4C=C(C(C)(C)C(F)(F)F)OC4)c3)c2cc1OC. The predicted molar refractivity (Wildman–Crippen MR) is 127 cm³/mol. The van der Waals surface area contributed by atoms with Crippen LogP contribution < -0.4 is 25.0 Å². The van der Waals surface area contributed by atoms with E-state index in [1.807, 2.05) is 0 Å². The molecule has 196 valence electrons. The normalized spacial score (nSPS) is 13.6. The van der Waals surface area contributed by atoms with Crippen molar-refractivity contribution in [3.05, 3.63) is 54.7 Å². The van der Waals surface area contributed by atoms with Crippen LogP contribution in [0.25, 0.3) is 10.9 Å². The van der Waals surface area contributed by atoms with Gasteiger partial charge < -0.3 is 24.3 Å². The van der Waals surface area contributed by atoms with Gasteiger partial charge in [-0.15, -0.1) is 0 Å². The van der Waals surface area contributed by atoms with E-state index in [-0.39, 0.29) is 18.4 Å². The van der Waals surface area contributed by atoms with Crippen molar-refractivity contribution in [1.82, 2.24) is 20.4 Å². The Morgan fingerprint density at radius 1 is 1.08 bits per heavy atom. The number of fused-ring (bicyclic) bond motifs is 1. The number of carbonyl (C=O) groups excluding carboxylic acids is 1. The first-order valence-electron chi connectivity index (χ1n) is 10.9. The number of hydrazine groups is 1. The van der Waals surface area contributed by atoms with Crippen LogP contribution >= 0.6 is 0 Å². The van der Waals surface area contributed by atoms with E-state index in [0.29, 0.717) is 33.8 Å². The zero-order valence-electron chi connectivity index (χ0n) is 20.3. The van der Waals surface area contributed by atoms with Gasteiger partial charge in [0.05, 0.1) is 31.3 Å². The predicted octanol–water partition coefficient (Wildman–Crippen LogP) is 5.20. The molecule has 2 heterocycles. The molecule has 13 heteroatoms. The highest BCUT2D eigenvalue weighted by molar-refractivity contribution is 5.89. The van der Waals surface area contributed by atoms with Crippen molar-refractivity contribution in [3.63, 3.8) is 0 Å². The third-order valence-electron chi connectivity index (χ3n) is 5.61. The molecular formula is C24H24F3N5O5. The third kappa shape index (κ3) is 5.39. The number of hydrogen-bond donors (Lipinski definition) is 2. The maximum absolute atomic E-state index is 13.2. The lowest BCUT2D eigenvalue weighted by atomic mass is 9.90. The minimum absolute atomic E-state index is 0.256. The summed E-state index contributed by atoms with van der Waals surface area (Å²) in [5, 5.41) is 4.30. The fourth-order valence-electron chi connectivity index (χ4n) is 3.38. The molecule has 1 aliphatic heterocycles. The minimum atomic E-state index is -4.51. The molecule has 0 atom stereocenters. The van der Waals surface area contributed by atoms with Gasteiger partial charge in [0.2, 0.25) is 5.88 Å². The van der Waals surface area contributed by atoms with E-state index in [9.17, 15) is 18.0 Å². The number of anilines is 1. The monoisotopic (exact) mass is 519 g/mol. The second-order valence-electron chi connectivity index (χ2n) is 8.46. The molecule has 37 heavy (non-hydrogen) atoms. The number of rotatable bonds is 7. The van der Waals surface area contributed by atoms with Crippen LogP contribution in [-0.4, -0.2) is 48.1 Å². The number of ether oxygens (including phenoxy) is 4. The van der Waals surface area contributed by atoms with Gasteiger partial charge in [-0.3, -0.25) is 5.01 Å². The zero-order chi connectivity index (χ0) is 26.8. The number of benzene rings is 2. The van der Waals surface area contributed by atoms with Crippen LogP contribution in [0.2, 0.25) is 0 Å². The van der Waals surface area contributed by atoms with Gasteiger partial charge in [-0.05, 0) is 32.0 Å². The second kappa shape index (κ2) is 9.91. The molecule has 0 aliphatic carbocycles. The Kier molecular flexibility index (Phi) is 6.88. The molecule has 0 fully saturated rings. The smallest absolute Gasteiger partial charge is 0.400 e. The van der Waals surface area contributed by atoms with E-state index in [2.05, 4.69) is 20.7 Å². The largest absolute Gasteiger partial charge is 0.493 e. The highest BCUT2D eigenvalue weighted by atomic mass is 19.4. The van der Waals surface area contributed by atoms with Crippen LogP contribution in [0, 0.1) is 5.41 Å². The third-order valence-corrected chi connectivity index (χ3v) is 5.61. The van der Waals surface area contributed by atoms with Gasteiger partial charge >= 0.3 is 12.2 Å². The summed E-state index contributed by atoms with van der Waals surface area (Å²) in [6, 6.07) is 9.20. The van der Waals surface area contributed by atoms with Gasteiger partial charge in [-0.1, -0.05) is 6.07 Å². The van der Waals surface area contributed by atoms with Crippen molar-refractivity contribution in [2.45, 2.75) is 20.0 Å². The molecule has 0 radical (unpaired) electrons. The Bertz CT molecular complexity index is 1350. The summed E-state index contributed by atoms with van der Waals surface area (Å²) >= 11 is 0. The first kappa shape index (κ1) is 25.7. The summed E-state index contributed by atoms with van der Waals surface area (Å²) in [4.78, 5) is 20.9. The average Bonchev–Trinajstić information content (AvgIpc) is 3.32. The number of hydrogen-bond acceptors (Lipinski definition) is 8. The minimum Gasteiger partial charge on any atom is -0.493 e. The number of urea groups is 1. The van der Waals surface area contributed by atoms with Crippen molar-refractivity contribution >= 4 is 22.6 Å². The van der Waals surface area contributed by atoms with Gasteiger partial charge in [0.15, 0.2) is 18.2 Å². The van der Waals surface area contributed by atoms with Crippen LogP contribution in [0.3, 0.4) is 0 Å². The number of nitrogens with one attached hydrogen (secondary N) is 2. The standard InChI is InChI=1S/C24H24F3N5O5/c1-23(2,24(25,26)27)20-11-32(13-36-20)31-22(33)30-14-6-5-7-15(8-14)37-21-16-9-18(34-3)19(35-4)10-17(16)28-12-29-21/h5-12H,13H2,1-4H3,(H2,30,31,33). The Labute approximate surface area is 210 Å². The highest BCUT2D eigenvalue weighted by Gasteiger charge is 2.52. The molecule has 0 saturated heterocycles. The Morgan fingerprint density at radius 2 is 1.81 bits per heavy atom. The number of alkyl halides is 3. The van der Waals surface area contributed by atoms with E-state index in [0.717, 1.165) is 25.1 Å². The molecule has 0 bridgehead atoms. The number of carbonyl (C=O) groups is 1. The summed E-state index contributed by atoms with van der Waals surface area (Å²) in [5.41, 5.74) is 1.16. The summed E-state index contributed by atoms with van der Waals surface area (Å²) in [5.74, 6) is 1.30. The maximum atomic E-state index is 13.2. The Balaban J connectivity index is 1.46. The molecule has 2 aromatic carbocycles. The van der Waals surface area contributed by atoms with E-state index in [1.54, 1.807) is 36.4 Å². The molecule has 4 rings (SSSR count). The van der Waals surface area contributed by atoms with Crippen molar-refractivity contribution in [2.75, 3.05) is 26.3 Å². The first-order valence-corrected chi connectivity index (χ1v) is 10.9. The summed E-state index contributed by atoms with van der Waals surface area (Å²) < 4.78 is 61.5. The number of amides is 2. The van der Waals surface area contributed by atoms with Gasteiger partial charge in [0.1, 0.15) is 23.3 Å². The maximum Gasteiger partial charge on any atom is 0.400 e. The quantitative estimate of drug-likeness (QED) is 0.439. The number of aromatic nitrogens is 2. The zero-order valence-corrected chi connectivity index (χ0v) is 20.3. The van der Waals surface area contributed by atoms with Crippen LogP contribution in [0.5, 0.6) is 23.1 Å². The number of allylic oxidation sites excluding steroid dienone is 1. The lowest BCUT2D eigenvalue weighted by Crippen LogP contribution is -2.40. The molecule has 1 aromatic heterocycles. The van der Waals surface area contributed by atoms with Crippen LogP contribution in [0.1, 0.15) is 13.8 Å². The molecule has 0 spiro atoms. The molecule has 0 unspecified atom stereocenters. The van der Waals surface area contributed by atoms with Crippen LogP contribution in [0.4, 0.5) is 23.7 Å². The fourth-order valence-corrected chi connectivity index (χ4v) is 3.38. The number of nitrogens with zero attached hydrogens (tertiary/aromatic N) is 3. The van der Waals surface area contributed by atoms with Gasteiger partial charge in [-0.2, -0.15) is 13.2 Å². The second-order valence-corrected chi connectivity index (χ2v) is 8.46. The summed E-state index contributed by atoms with van der Waals surface area (Å²) in [6.45, 7) is 1.74. The van der Waals surface area contributed by atoms with Gasteiger partial charge in [-0.25, -0.2) is 20.2 Å². The van der Waals surface area contributed by atoms with E-state index >= 15 is 0 Å². The van der Waals surface area contributed by atoms with Gasteiger partial charge in [0, 0.05) is 17.8 Å². The summed E-state index contributed by atoms with van der Waals surface area (Å²) in [6.07, 6.45) is -2.06. The van der Waals surface area contributed by atoms with Crippen molar-refractivity contribution in [1.29, 1.82) is 0 Å². The molecule has 2 amide bonds. The number of halogens is 3. The average molecular weight is 519 g/mol. The molecule has 2 N–H and O–H groups in total. The van der Waals surface area contributed by atoms with Crippen molar-refractivity contribution < 1.29 is 36.9 Å². The summed E-state index contributed by atoms with van der Waals surface area (Å²) in [7, 11) is 3.03. The molecule has 0 saturated carbocycles.